The molecule has 4 aromatic rings. The van der Waals surface area contributed by atoms with E-state index < -0.39 is 203 Å². The predicted octanol–water partition coefficient (Wildman–Crippen LogP) is 7.41. The summed E-state index contributed by atoms with van der Waals surface area (Å²) in [5.41, 5.74) is 10.8. The molecule has 0 spiro atoms. The molecule has 6 N–H and O–H groups in total. The van der Waals surface area contributed by atoms with Crippen LogP contribution in [0.5, 0.6) is 0 Å². The van der Waals surface area contributed by atoms with Gasteiger partial charge in [0.15, 0.2) is 0 Å². The maximum atomic E-state index is 15.0. The van der Waals surface area contributed by atoms with Gasteiger partial charge in [-0.1, -0.05) is 24.3 Å². The van der Waals surface area contributed by atoms with E-state index in [2.05, 4.69) is 21.3 Å². The van der Waals surface area contributed by atoms with Crippen molar-refractivity contribution >= 4 is 112 Å². The first kappa shape index (κ1) is 96.8. The second-order valence-electron chi connectivity index (χ2n) is 35.5. The number of hydrogen-bond acceptors (Lipinski definition) is 26. The van der Waals surface area contributed by atoms with E-state index in [4.69, 9.17) is 53.1 Å². The molecular weight excluding hydrogens is 1670 g/mol. The van der Waals surface area contributed by atoms with Crippen molar-refractivity contribution < 1.29 is 119 Å². The number of amides is 8. The third kappa shape index (κ3) is 26.8. The first-order chi connectivity index (χ1) is 62.1. The van der Waals surface area contributed by atoms with Crippen LogP contribution in [0.1, 0.15) is 194 Å². The van der Waals surface area contributed by atoms with Gasteiger partial charge in [0, 0.05) is 81.2 Å². The van der Waals surface area contributed by atoms with Gasteiger partial charge in [-0.15, -0.1) is 0 Å². The number of esters is 7. The minimum absolute atomic E-state index is 0.0470. The van der Waals surface area contributed by atoms with Crippen LogP contribution >= 0.6 is 0 Å². The van der Waals surface area contributed by atoms with E-state index in [0.29, 0.717) is 87.3 Å². The molecule has 4 aliphatic carbocycles. The van der Waals surface area contributed by atoms with Gasteiger partial charge in [-0.3, -0.25) is 71.9 Å². The van der Waals surface area contributed by atoms with Gasteiger partial charge in [0.1, 0.15) is 86.7 Å². The Balaban J connectivity index is 0.723. The highest BCUT2D eigenvalue weighted by atomic mass is 16.6. The summed E-state index contributed by atoms with van der Waals surface area (Å²) in [7, 11) is 0. The molecule has 4 aromatic carbocycles. The zero-order valence-electron chi connectivity index (χ0n) is 74.3. The second kappa shape index (κ2) is 46.3. The van der Waals surface area contributed by atoms with Gasteiger partial charge in [0.2, 0.25) is 47.3 Å². The molecule has 4 saturated heterocycles. The fraction of sp³-hybridized carbons (Fsp3) is 0.589. The summed E-state index contributed by atoms with van der Waals surface area (Å²) < 4.78 is 56.9. The molecule has 0 saturated carbocycles. The fourth-order valence-electron chi connectivity index (χ4n) is 17.8. The van der Waals surface area contributed by atoms with Gasteiger partial charge < -0.3 is 94.0 Å². The van der Waals surface area contributed by atoms with Crippen LogP contribution in [-0.2, 0) is 171 Å². The Morgan fingerprint density at radius 2 is 0.527 bits per heavy atom. The molecule has 0 bridgehead atoms. The molecule has 8 aliphatic rings. The van der Waals surface area contributed by atoms with E-state index in [-0.39, 0.29) is 82.8 Å². The van der Waals surface area contributed by atoms with Crippen LogP contribution in [0.15, 0.2) is 72.8 Å². The Morgan fingerprint density at radius 3 is 0.791 bits per heavy atom. The van der Waals surface area contributed by atoms with Crippen molar-refractivity contribution in [2.45, 2.75) is 225 Å². The number of hydrogen-bond donors (Lipinski definition) is 5. The molecule has 8 amide bonds. The molecule has 12 rings (SSSR count). The molecule has 4 heterocycles. The van der Waals surface area contributed by atoms with Crippen LogP contribution in [0.25, 0.3) is 0 Å². The van der Waals surface area contributed by atoms with Crippen LogP contribution in [0.2, 0.25) is 0 Å². The summed E-state index contributed by atoms with van der Waals surface area (Å²) >= 11 is 0. The summed E-state index contributed by atoms with van der Waals surface area (Å²) in [6, 6.07) is 19.7. The number of nitrogens with one attached hydrogen (secondary N) is 4. The standard InChI is InChI=1S/C95H123N9O25/c1-93(56-124-82(109)36-32-78(105)101-41-8-20-74(101)86(113)97-70-28-24-62-12-4-16-66(62)52-70,57-125-83(110)37-33-79(106)102-42-9-21-75(102)87(114)98-71-29-25-63-13-5-17-67(63)53-71)91(118)128-60-95(3,90(117)123-51-50-122-49-48-121-47-46-120-45-40-96)61-129-92(119)94(2,58-126-84(111)38-34-80(107)103-43-10-22-76(103)88(115)99-72-30-26-64-14-6-18-68(64)54-72)59-127-85(112)39-35-81(108)104-44-11-23-77(104)89(116)100-73-31-27-65-15-7-19-69(65)55-73/h24-31,52-55,74-77H,4-23,32-51,56-61,96H2,1-3H3,(H,97,113)(H,98,114)(H,99,115)(H,100,116)/t74-,75-,76-,77-/m0/s1. The fourth-order valence-corrected chi connectivity index (χ4v) is 17.8. The molecule has 4 atom stereocenters. The maximum absolute atomic E-state index is 15.0. The molecule has 0 aromatic heterocycles. The average molecular weight is 1790 g/mol. The highest BCUT2D eigenvalue weighted by molar-refractivity contribution is 6.01. The van der Waals surface area contributed by atoms with Crippen molar-refractivity contribution in [2.24, 2.45) is 22.0 Å². The number of carbonyl (C=O) groups excluding carboxylic acids is 15. The lowest BCUT2D eigenvalue weighted by atomic mass is 9.90. The van der Waals surface area contributed by atoms with E-state index in [1.54, 1.807) is 0 Å². The maximum Gasteiger partial charge on any atom is 0.318 e. The number of rotatable bonds is 46. The normalized spacial score (nSPS) is 17.9. The summed E-state index contributed by atoms with van der Waals surface area (Å²) in [6.45, 7) is -0.216. The zero-order chi connectivity index (χ0) is 91.6. The minimum Gasteiger partial charge on any atom is -0.464 e. The zero-order valence-corrected chi connectivity index (χ0v) is 74.3. The highest BCUT2D eigenvalue weighted by Gasteiger charge is 2.47. The SMILES string of the molecule is CC(COC(=O)CCC(=O)N1CCC[C@H]1C(=O)Nc1ccc2c(c1)CCC2)(COC(=O)CCC(=O)N1CCC[C@H]1C(=O)Nc1ccc2c(c1)CCC2)C(=O)OCC(C)(COC(=O)C(C)(COC(=O)CCC(=O)N1CCC[C@H]1C(=O)Nc1ccc2c(c1)CCC2)COC(=O)CCC(=O)N1CCC[C@H]1C(=O)Nc1ccc2c(c1)CCC2)C(=O)OCCOCCOCCOCCN. The van der Waals surface area contributed by atoms with Gasteiger partial charge >= 0.3 is 41.8 Å². The van der Waals surface area contributed by atoms with Crippen LogP contribution in [0.4, 0.5) is 22.7 Å². The second-order valence-corrected chi connectivity index (χ2v) is 35.5. The van der Waals surface area contributed by atoms with Gasteiger partial charge in [0.05, 0.1) is 65.3 Å². The number of aryl methyl sites for hydroxylation is 8. The number of ether oxygens (including phenoxy) is 10. The Bertz CT molecular complexity index is 4250. The Labute approximate surface area is 751 Å². The Kier molecular flexibility index (Phi) is 34.8. The molecular formula is C95H123N9O25. The lowest BCUT2D eigenvalue weighted by molar-refractivity contribution is -0.183. The van der Waals surface area contributed by atoms with Crippen molar-refractivity contribution in [1.82, 2.24) is 19.6 Å². The largest absolute Gasteiger partial charge is 0.464 e. The van der Waals surface area contributed by atoms with Crippen molar-refractivity contribution in [2.75, 3.05) is 140 Å². The molecule has 129 heavy (non-hydrogen) atoms. The van der Waals surface area contributed by atoms with Gasteiger partial charge in [-0.2, -0.15) is 0 Å². The number of carbonyl (C=O) groups is 15. The van der Waals surface area contributed by atoms with Crippen LogP contribution in [0.3, 0.4) is 0 Å². The summed E-state index contributed by atoms with van der Waals surface area (Å²) in [5.74, 6) is -11.3. The lowest BCUT2D eigenvalue weighted by Gasteiger charge is -2.32. The quantitative estimate of drug-likeness (QED) is 0.0163. The number of nitrogens with two attached hydrogens (primary N) is 1. The molecule has 0 unspecified atom stereocenters. The van der Waals surface area contributed by atoms with E-state index in [0.717, 1.165) is 99.3 Å². The summed E-state index contributed by atoms with van der Waals surface area (Å²) in [5, 5.41) is 11.8. The predicted molar refractivity (Wildman–Crippen MR) is 467 cm³/mol. The van der Waals surface area contributed by atoms with Gasteiger partial charge in [-0.25, -0.2) is 0 Å². The van der Waals surface area contributed by atoms with E-state index >= 15 is 9.59 Å². The lowest BCUT2D eigenvalue weighted by Crippen LogP contribution is -2.47. The van der Waals surface area contributed by atoms with Crippen LogP contribution in [0, 0.1) is 16.2 Å². The molecule has 4 aliphatic heterocycles. The molecule has 34 nitrogen and oxygen atoms in total. The molecule has 0 radical (unpaired) electrons. The summed E-state index contributed by atoms with van der Waals surface area (Å²) in [4.78, 5) is 216. The number of benzene rings is 4. The van der Waals surface area contributed by atoms with E-state index in [1.807, 2.05) is 72.8 Å². The Hall–Kier alpha value is -11.2. The highest BCUT2D eigenvalue weighted by Crippen LogP contribution is 2.35. The first-order valence-corrected chi connectivity index (χ1v) is 45.6. The van der Waals surface area contributed by atoms with Gasteiger partial charge in [-0.05, 0) is 242 Å². The monoisotopic (exact) mass is 1790 g/mol. The van der Waals surface area contributed by atoms with Crippen molar-refractivity contribution in [3.63, 3.8) is 0 Å². The number of likely N-dealkylation sites (tertiary alicyclic amines) is 4. The first-order valence-electron chi connectivity index (χ1n) is 45.6. The average Bonchev–Trinajstić information content (AvgIpc) is 1.49. The Morgan fingerprint density at radius 1 is 0.295 bits per heavy atom. The number of nitrogens with zero attached hydrogens (tertiary/aromatic N) is 4. The topological polar surface area (TPSA) is 435 Å². The molecule has 4 fully saturated rings. The van der Waals surface area contributed by atoms with E-state index in [9.17, 15) is 62.3 Å². The summed E-state index contributed by atoms with van der Waals surface area (Å²) in [6.07, 6.45) is 11.2. The van der Waals surface area contributed by atoms with Crippen LogP contribution in [-0.4, -0.2) is 251 Å². The molecule has 34 heteroatoms. The van der Waals surface area contributed by atoms with Crippen LogP contribution < -0.4 is 27.0 Å². The number of anilines is 4. The van der Waals surface area contributed by atoms with E-state index in [1.165, 1.54) is 62.6 Å². The van der Waals surface area contributed by atoms with Gasteiger partial charge in [0.25, 0.3) is 0 Å². The third-order valence-electron chi connectivity index (χ3n) is 25.3. The van der Waals surface area contributed by atoms with Crippen molar-refractivity contribution in [3.8, 4) is 0 Å². The number of fused-ring (bicyclic) bond motifs is 4. The third-order valence-corrected chi connectivity index (χ3v) is 25.3. The minimum atomic E-state index is -2.21. The van der Waals surface area contributed by atoms with Crippen molar-refractivity contribution in [1.29, 1.82) is 0 Å². The smallest absolute Gasteiger partial charge is 0.318 e. The van der Waals surface area contributed by atoms with Crippen molar-refractivity contribution in [3.05, 3.63) is 117 Å². The molecule has 698 valence electrons.